The second-order valence-corrected chi connectivity index (χ2v) is 4.92. The molecular weight excluding hydrogens is 250 g/mol. The van der Waals surface area contributed by atoms with Gasteiger partial charge in [0.25, 0.3) is 0 Å². The summed E-state index contributed by atoms with van der Waals surface area (Å²) in [5, 5.41) is 11.5. The number of carbonyl (C=O) groups excluding carboxylic acids is 1. The molecule has 0 spiro atoms. The highest BCUT2D eigenvalue weighted by atomic mass is 16.5. The van der Waals surface area contributed by atoms with Crippen molar-refractivity contribution in [1.29, 1.82) is 0 Å². The van der Waals surface area contributed by atoms with E-state index in [9.17, 15) is 9.59 Å². The van der Waals surface area contributed by atoms with Crippen molar-refractivity contribution >= 4 is 11.9 Å². The fourth-order valence-electron chi connectivity index (χ4n) is 2.15. The van der Waals surface area contributed by atoms with Crippen LogP contribution in [0.1, 0.15) is 39.0 Å². The Morgan fingerprint density at radius 2 is 2.21 bits per heavy atom. The molecule has 1 aliphatic heterocycles. The third-order valence-corrected chi connectivity index (χ3v) is 3.26. The zero-order chi connectivity index (χ0) is 14.3. The molecule has 1 fully saturated rings. The van der Waals surface area contributed by atoms with Crippen LogP contribution in [-0.4, -0.2) is 48.9 Å². The molecule has 0 bridgehead atoms. The summed E-state index contributed by atoms with van der Waals surface area (Å²) in [5.74, 6) is -1.28. The number of carbonyl (C=O) groups is 2. The molecule has 19 heavy (non-hydrogen) atoms. The lowest BCUT2D eigenvalue weighted by Crippen LogP contribution is -2.41. The Labute approximate surface area is 113 Å². The van der Waals surface area contributed by atoms with Gasteiger partial charge in [-0.1, -0.05) is 0 Å². The number of carboxylic acids is 1. The van der Waals surface area contributed by atoms with Gasteiger partial charge in [-0.25, -0.2) is 4.79 Å². The van der Waals surface area contributed by atoms with Crippen LogP contribution in [0.2, 0.25) is 0 Å². The predicted molar refractivity (Wildman–Crippen MR) is 68.9 cm³/mol. The van der Waals surface area contributed by atoms with Gasteiger partial charge >= 0.3 is 5.97 Å². The summed E-state index contributed by atoms with van der Waals surface area (Å²) in [6.45, 7) is 2.33. The molecule has 0 aliphatic carbocycles. The van der Waals surface area contributed by atoms with E-state index < -0.39 is 12.0 Å². The molecule has 0 radical (unpaired) electrons. The molecule has 1 saturated heterocycles. The van der Waals surface area contributed by atoms with Gasteiger partial charge in [0.15, 0.2) is 0 Å². The number of rotatable bonds is 8. The van der Waals surface area contributed by atoms with Gasteiger partial charge in [0.1, 0.15) is 6.04 Å². The molecule has 2 N–H and O–H groups in total. The van der Waals surface area contributed by atoms with E-state index >= 15 is 0 Å². The van der Waals surface area contributed by atoms with Crippen molar-refractivity contribution in [3.05, 3.63) is 0 Å². The Balaban J connectivity index is 2.26. The largest absolute Gasteiger partial charge is 0.480 e. The first-order valence-electron chi connectivity index (χ1n) is 6.69. The molecule has 0 aromatic carbocycles. The van der Waals surface area contributed by atoms with E-state index in [0.29, 0.717) is 19.4 Å². The molecule has 1 aliphatic rings. The average molecular weight is 273 g/mol. The minimum atomic E-state index is -1.03. The van der Waals surface area contributed by atoms with E-state index in [-0.39, 0.29) is 24.5 Å². The zero-order valence-corrected chi connectivity index (χ0v) is 11.6. The zero-order valence-electron chi connectivity index (χ0n) is 11.6. The maximum absolute atomic E-state index is 11.7. The first-order valence-corrected chi connectivity index (χ1v) is 6.69. The van der Waals surface area contributed by atoms with E-state index in [2.05, 4.69) is 5.32 Å². The van der Waals surface area contributed by atoms with Crippen LogP contribution in [0.15, 0.2) is 0 Å². The van der Waals surface area contributed by atoms with E-state index in [1.54, 1.807) is 0 Å². The SMILES string of the molecule is COCCC(NC(=O)CCC1CCC(C)O1)C(=O)O. The lowest BCUT2D eigenvalue weighted by molar-refractivity contribution is -0.142. The number of amides is 1. The molecule has 3 atom stereocenters. The summed E-state index contributed by atoms with van der Waals surface area (Å²) < 4.78 is 10.4. The van der Waals surface area contributed by atoms with Crippen molar-refractivity contribution < 1.29 is 24.2 Å². The number of nitrogens with one attached hydrogen (secondary N) is 1. The second kappa shape index (κ2) is 8.12. The highest BCUT2D eigenvalue weighted by molar-refractivity contribution is 5.83. The molecule has 1 heterocycles. The smallest absolute Gasteiger partial charge is 0.326 e. The maximum atomic E-state index is 11.7. The third-order valence-electron chi connectivity index (χ3n) is 3.26. The highest BCUT2D eigenvalue weighted by Gasteiger charge is 2.24. The Kier molecular flexibility index (Phi) is 6.80. The van der Waals surface area contributed by atoms with Crippen molar-refractivity contribution in [2.24, 2.45) is 0 Å². The van der Waals surface area contributed by atoms with Gasteiger partial charge in [0.2, 0.25) is 5.91 Å². The van der Waals surface area contributed by atoms with Crippen molar-refractivity contribution in [2.45, 2.75) is 57.3 Å². The van der Waals surface area contributed by atoms with Crippen LogP contribution < -0.4 is 5.32 Å². The topological polar surface area (TPSA) is 84.9 Å². The number of ether oxygens (including phenoxy) is 2. The number of hydrogen-bond donors (Lipinski definition) is 2. The summed E-state index contributed by atoms with van der Waals surface area (Å²) in [6, 6.07) is -0.879. The Bertz CT molecular complexity index is 307. The Morgan fingerprint density at radius 1 is 1.47 bits per heavy atom. The highest BCUT2D eigenvalue weighted by Crippen LogP contribution is 2.22. The summed E-state index contributed by atoms with van der Waals surface area (Å²) in [5.41, 5.74) is 0. The van der Waals surface area contributed by atoms with Gasteiger partial charge in [-0.15, -0.1) is 0 Å². The van der Waals surface area contributed by atoms with Gasteiger partial charge in [-0.2, -0.15) is 0 Å². The predicted octanol–water partition coefficient (Wildman–Crippen LogP) is 0.940. The van der Waals surface area contributed by atoms with Gasteiger partial charge in [0.05, 0.1) is 12.2 Å². The van der Waals surface area contributed by atoms with E-state index in [1.807, 2.05) is 6.92 Å². The second-order valence-electron chi connectivity index (χ2n) is 4.92. The lowest BCUT2D eigenvalue weighted by Gasteiger charge is -2.15. The standard InChI is InChI=1S/C13H23NO5/c1-9-3-4-10(19-9)5-6-12(15)14-11(13(16)17)7-8-18-2/h9-11H,3-8H2,1-2H3,(H,14,15)(H,16,17). The molecule has 6 nitrogen and oxygen atoms in total. The van der Waals surface area contributed by atoms with Crippen LogP contribution in [0.4, 0.5) is 0 Å². The van der Waals surface area contributed by atoms with Crippen LogP contribution in [0.25, 0.3) is 0 Å². The van der Waals surface area contributed by atoms with Crippen LogP contribution in [0, 0.1) is 0 Å². The summed E-state index contributed by atoms with van der Waals surface area (Å²) in [4.78, 5) is 22.6. The molecular formula is C13H23NO5. The quantitative estimate of drug-likeness (QED) is 0.687. The Morgan fingerprint density at radius 3 is 2.74 bits per heavy atom. The maximum Gasteiger partial charge on any atom is 0.326 e. The third kappa shape index (κ3) is 6.02. The number of hydrogen-bond acceptors (Lipinski definition) is 4. The van der Waals surface area contributed by atoms with E-state index in [1.165, 1.54) is 7.11 Å². The average Bonchev–Trinajstić information content (AvgIpc) is 2.77. The molecule has 0 aromatic rings. The first-order chi connectivity index (χ1) is 9.02. The number of aliphatic carboxylic acids is 1. The Hall–Kier alpha value is -1.14. The molecule has 110 valence electrons. The van der Waals surface area contributed by atoms with Crippen molar-refractivity contribution in [3.63, 3.8) is 0 Å². The molecule has 6 heteroatoms. The molecule has 1 rings (SSSR count). The number of carboxylic acid groups (broad SMARTS) is 1. The summed E-state index contributed by atoms with van der Waals surface area (Å²) in [7, 11) is 1.50. The van der Waals surface area contributed by atoms with Crippen molar-refractivity contribution in [2.75, 3.05) is 13.7 Å². The van der Waals surface area contributed by atoms with E-state index in [0.717, 1.165) is 12.8 Å². The summed E-state index contributed by atoms with van der Waals surface area (Å²) >= 11 is 0. The van der Waals surface area contributed by atoms with Gasteiger partial charge in [-0.05, 0) is 26.2 Å². The van der Waals surface area contributed by atoms with Crippen LogP contribution in [-0.2, 0) is 19.1 Å². The van der Waals surface area contributed by atoms with E-state index in [4.69, 9.17) is 14.6 Å². The van der Waals surface area contributed by atoms with Crippen molar-refractivity contribution in [1.82, 2.24) is 5.32 Å². The van der Waals surface area contributed by atoms with Crippen LogP contribution in [0.3, 0.4) is 0 Å². The van der Waals surface area contributed by atoms with Crippen molar-refractivity contribution in [3.8, 4) is 0 Å². The molecule has 3 unspecified atom stereocenters. The van der Waals surface area contributed by atoms with Gasteiger partial charge in [0, 0.05) is 26.6 Å². The van der Waals surface area contributed by atoms with Gasteiger partial charge in [-0.3, -0.25) is 4.79 Å². The fraction of sp³-hybridized carbons (Fsp3) is 0.846. The lowest BCUT2D eigenvalue weighted by atomic mass is 10.1. The monoisotopic (exact) mass is 273 g/mol. The molecule has 0 aromatic heterocycles. The van der Waals surface area contributed by atoms with Crippen LogP contribution >= 0.6 is 0 Å². The summed E-state index contributed by atoms with van der Waals surface area (Å²) in [6.07, 6.45) is 3.61. The molecule has 0 saturated carbocycles. The minimum Gasteiger partial charge on any atom is -0.480 e. The normalized spacial score (nSPS) is 24.1. The number of methoxy groups -OCH3 is 1. The molecule has 1 amide bonds. The van der Waals surface area contributed by atoms with Crippen LogP contribution in [0.5, 0.6) is 0 Å². The fourth-order valence-corrected chi connectivity index (χ4v) is 2.15. The van der Waals surface area contributed by atoms with Gasteiger partial charge < -0.3 is 19.9 Å². The minimum absolute atomic E-state index is 0.128. The first kappa shape index (κ1) is 15.9.